The minimum atomic E-state index is -1.00. The molecule has 2 N–H and O–H groups in total. The number of nitrogens with one attached hydrogen (secondary N) is 1. The second-order valence-corrected chi connectivity index (χ2v) is 3.81. The SMILES string of the molecule is CCCNC(C(=O)O)c1ccc(F)c(Cl)c1. The molecule has 0 amide bonds. The Morgan fingerprint density at radius 3 is 2.81 bits per heavy atom. The van der Waals surface area contributed by atoms with Crippen LogP contribution < -0.4 is 5.32 Å². The molecule has 1 rings (SSSR count). The first-order valence-electron chi connectivity index (χ1n) is 4.97. The number of carboxylic acid groups (broad SMARTS) is 1. The highest BCUT2D eigenvalue weighted by molar-refractivity contribution is 6.30. The van der Waals surface area contributed by atoms with Crippen molar-refractivity contribution in [2.24, 2.45) is 0 Å². The van der Waals surface area contributed by atoms with E-state index >= 15 is 0 Å². The molecular formula is C11H13ClFNO2. The summed E-state index contributed by atoms with van der Waals surface area (Å²) in [7, 11) is 0. The summed E-state index contributed by atoms with van der Waals surface area (Å²) < 4.78 is 12.9. The maximum absolute atomic E-state index is 12.9. The number of hydrogen-bond donors (Lipinski definition) is 2. The zero-order valence-electron chi connectivity index (χ0n) is 8.84. The Morgan fingerprint density at radius 1 is 1.62 bits per heavy atom. The molecular weight excluding hydrogens is 233 g/mol. The smallest absolute Gasteiger partial charge is 0.325 e. The predicted octanol–water partition coefficient (Wildman–Crippen LogP) is 2.60. The van der Waals surface area contributed by atoms with Crippen molar-refractivity contribution in [1.82, 2.24) is 5.32 Å². The van der Waals surface area contributed by atoms with E-state index in [1.54, 1.807) is 0 Å². The summed E-state index contributed by atoms with van der Waals surface area (Å²) in [4.78, 5) is 11.0. The molecule has 16 heavy (non-hydrogen) atoms. The largest absolute Gasteiger partial charge is 0.480 e. The summed E-state index contributed by atoms with van der Waals surface area (Å²) in [5.41, 5.74) is 0.451. The van der Waals surface area contributed by atoms with Crippen molar-refractivity contribution >= 4 is 17.6 Å². The monoisotopic (exact) mass is 245 g/mol. The van der Waals surface area contributed by atoms with Crippen LogP contribution in [0.2, 0.25) is 5.02 Å². The fourth-order valence-corrected chi connectivity index (χ4v) is 1.52. The molecule has 0 aromatic heterocycles. The van der Waals surface area contributed by atoms with Gasteiger partial charge in [-0.2, -0.15) is 0 Å². The molecule has 0 fully saturated rings. The van der Waals surface area contributed by atoms with Gasteiger partial charge in [0.25, 0.3) is 0 Å². The van der Waals surface area contributed by atoms with Gasteiger partial charge in [-0.15, -0.1) is 0 Å². The zero-order valence-corrected chi connectivity index (χ0v) is 9.59. The molecule has 0 aliphatic carbocycles. The van der Waals surface area contributed by atoms with Crippen molar-refractivity contribution in [3.63, 3.8) is 0 Å². The van der Waals surface area contributed by atoms with Crippen LogP contribution in [-0.4, -0.2) is 17.6 Å². The van der Waals surface area contributed by atoms with E-state index in [4.69, 9.17) is 16.7 Å². The fraction of sp³-hybridized carbons (Fsp3) is 0.364. The van der Waals surface area contributed by atoms with Crippen LogP contribution in [0.25, 0.3) is 0 Å². The maximum Gasteiger partial charge on any atom is 0.325 e. The van der Waals surface area contributed by atoms with Crippen LogP contribution in [0.1, 0.15) is 24.9 Å². The molecule has 0 aliphatic rings. The van der Waals surface area contributed by atoms with Crippen LogP contribution in [0.5, 0.6) is 0 Å². The Hall–Kier alpha value is -1.13. The molecule has 1 atom stereocenters. The fourth-order valence-electron chi connectivity index (χ4n) is 1.33. The topological polar surface area (TPSA) is 49.3 Å². The highest BCUT2D eigenvalue weighted by atomic mass is 35.5. The average Bonchev–Trinajstić information content (AvgIpc) is 2.23. The van der Waals surface area contributed by atoms with E-state index in [0.717, 1.165) is 6.42 Å². The minimum Gasteiger partial charge on any atom is -0.480 e. The maximum atomic E-state index is 12.9. The standard InChI is InChI=1S/C11H13ClFNO2/c1-2-5-14-10(11(15)16)7-3-4-9(13)8(12)6-7/h3-4,6,10,14H,2,5H2,1H3,(H,15,16). The quantitative estimate of drug-likeness (QED) is 0.838. The summed E-state index contributed by atoms with van der Waals surface area (Å²) in [5, 5.41) is 11.8. The predicted molar refractivity (Wildman–Crippen MR) is 60.1 cm³/mol. The van der Waals surface area contributed by atoms with Gasteiger partial charge in [-0.25, -0.2) is 4.39 Å². The van der Waals surface area contributed by atoms with Crippen LogP contribution in [-0.2, 0) is 4.79 Å². The van der Waals surface area contributed by atoms with E-state index in [0.29, 0.717) is 12.1 Å². The lowest BCUT2D eigenvalue weighted by Crippen LogP contribution is -2.29. The summed E-state index contributed by atoms with van der Waals surface area (Å²) in [6.07, 6.45) is 0.818. The van der Waals surface area contributed by atoms with Gasteiger partial charge in [-0.05, 0) is 30.7 Å². The van der Waals surface area contributed by atoms with Gasteiger partial charge in [0.2, 0.25) is 0 Å². The molecule has 0 saturated heterocycles. The first-order valence-corrected chi connectivity index (χ1v) is 5.35. The highest BCUT2D eigenvalue weighted by Crippen LogP contribution is 2.21. The second-order valence-electron chi connectivity index (χ2n) is 3.40. The number of carboxylic acids is 1. The molecule has 1 aromatic carbocycles. The van der Waals surface area contributed by atoms with Crippen molar-refractivity contribution in [2.45, 2.75) is 19.4 Å². The van der Waals surface area contributed by atoms with Crippen LogP contribution in [0.3, 0.4) is 0 Å². The van der Waals surface area contributed by atoms with Crippen LogP contribution >= 0.6 is 11.6 Å². The van der Waals surface area contributed by atoms with Crippen molar-refractivity contribution in [3.05, 3.63) is 34.6 Å². The van der Waals surface area contributed by atoms with Gasteiger partial charge in [0.05, 0.1) is 5.02 Å². The molecule has 0 bridgehead atoms. The highest BCUT2D eigenvalue weighted by Gasteiger charge is 2.19. The van der Waals surface area contributed by atoms with Crippen molar-refractivity contribution < 1.29 is 14.3 Å². The Morgan fingerprint density at radius 2 is 2.31 bits per heavy atom. The molecule has 0 aliphatic heterocycles. The number of rotatable bonds is 5. The van der Waals surface area contributed by atoms with Crippen LogP contribution in [0.4, 0.5) is 4.39 Å². The third kappa shape index (κ3) is 3.18. The molecule has 0 saturated carbocycles. The Bertz CT molecular complexity index is 384. The molecule has 1 aromatic rings. The number of carbonyl (C=O) groups is 1. The van der Waals surface area contributed by atoms with Gasteiger partial charge >= 0.3 is 5.97 Å². The molecule has 88 valence electrons. The third-order valence-electron chi connectivity index (χ3n) is 2.12. The lowest BCUT2D eigenvalue weighted by atomic mass is 10.1. The molecule has 5 heteroatoms. The van der Waals surface area contributed by atoms with Gasteiger partial charge in [0.1, 0.15) is 11.9 Å². The Balaban J connectivity index is 2.92. The first kappa shape index (κ1) is 12.9. The Kier molecular flexibility index (Phi) is 4.71. The van der Waals surface area contributed by atoms with Crippen LogP contribution in [0.15, 0.2) is 18.2 Å². The lowest BCUT2D eigenvalue weighted by Gasteiger charge is -2.14. The first-order chi connectivity index (χ1) is 7.56. The average molecular weight is 246 g/mol. The van der Waals surface area contributed by atoms with Crippen molar-refractivity contribution in [3.8, 4) is 0 Å². The lowest BCUT2D eigenvalue weighted by molar-refractivity contribution is -0.139. The number of benzene rings is 1. The summed E-state index contributed by atoms with van der Waals surface area (Å²) in [6.45, 7) is 2.51. The second kappa shape index (κ2) is 5.82. The van der Waals surface area contributed by atoms with Gasteiger partial charge < -0.3 is 10.4 Å². The van der Waals surface area contributed by atoms with E-state index in [-0.39, 0.29) is 5.02 Å². The van der Waals surface area contributed by atoms with E-state index in [9.17, 15) is 9.18 Å². The van der Waals surface area contributed by atoms with E-state index in [2.05, 4.69) is 5.32 Å². The summed E-state index contributed by atoms with van der Waals surface area (Å²) in [5.74, 6) is -1.55. The van der Waals surface area contributed by atoms with Gasteiger partial charge in [0, 0.05) is 0 Å². The van der Waals surface area contributed by atoms with E-state index < -0.39 is 17.8 Å². The molecule has 0 radical (unpaired) electrons. The van der Waals surface area contributed by atoms with Crippen molar-refractivity contribution in [1.29, 1.82) is 0 Å². The van der Waals surface area contributed by atoms with E-state index in [1.807, 2.05) is 6.92 Å². The summed E-state index contributed by atoms with van der Waals surface area (Å²) in [6, 6.07) is 3.07. The van der Waals surface area contributed by atoms with Crippen molar-refractivity contribution in [2.75, 3.05) is 6.54 Å². The molecule has 0 heterocycles. The number of aliphatic carboxylic acids is 1. The zero-order chi connectivity index (χ0) is 12.1. The minimum absolute atomic E-state index is 0.0675. The normalized spacial score (nSPS) is 12.4. The van der Waals surface area contributed by atoms with E-state index in [1.165, 1.54) is 18.2 Å². The number of halogens is 2. The molecule has 0 spiro atoms. The van der Waals surface area contributed by atoms with Gasteiger partial charge in [-0.3, -0.25) is 4.79 Å². The van der Waals surface area contributed by atoms with Gasteiger partial charge in [0.15, 0.2) is 0 Å². The number of hydrogen-bond acceptors (Lipinski definition) is 2. The molecule has 1 unspecified atom stereocenters. The molecule has 3 nitrogen and oxygen atoms in total. The third-order valence-corrected chi connectivity index (χ3v) is 2.41. The Labute approximate surface area is 98.2 Å². The summed E-state index contributed by atoms with van der Waals surface area (Å²) >= 11 is 5.60. The van der Waals surface area contributed by atoms with Gasteiger partial charge in [-0.1, -0.05) is 24.6 Å². The van der Waals surface area contributed by atoms with Crippen LogP contribution in [0, 0.1) is 5.82 Å².